The molecule has 180 valence electrons. The summed E-state index contributed by atoms with van der Waals surface area (Å²) < 4.78 is 7.12. The van der Waals surface area contributed by atoms with Crippen molar-refractivity contribution in [3.05, 3.63) is 90.3 Å². The minimum absolute atomic E-state index is 0.00774. The third-order valence-corrected chi connectivity index (χ3v) is 5.91. The van der Waals surface area contributed by atoms with Gasteiger partial charge in [-0.15, -0.1) is 0 Å². The number of methoxy groups -OCH3 is 1. The van der Waals surface area contributed by atoms with Gasteiger partial charge >= 0.3 is 0 Å². The summed E-state index contributed by atoms with van der Waals surface area (Å²) in [6.07, 6.45) is 0.815. The van der Waals surface area contributed by atoms with Crippen LogP contribution in [0.25, 0.3) is 11.0 Å². The highest BCUT2D eigenvalue weighted by Gasteiger charge is 2.18. The first kappa shape index (κ1) is 24.0. The zero-order chi connectivity index (χ0) is 24.6. The Morgan fingerprint density at radius 1 is 0.971 bits per heavy atom. The highest BCUT2D eigenvalue weighted by Crippen LogP contribution is 2.19. The molecular formula is C28H30N4O3. The van der Waals surface area contributed by atoms with E-state index in [9.17, 15) is 9.59 Å². The van der Waals surface area contributed by atoms with E-state index in [-0.39, 0.29) is 18.4 Å². The van der Waals surface area contributed by atoms with Crippen LogP contribution in [-0.4, -0.2) is 41.6 Å². The summed E-state index contributed by atoms with van der Waals surface area (Å²) in [6.45, 7) is 3.16. The fourth-order valence-electron chi connectivity index (χ4n) is 4.13. The lowest BCUT2D eigenvalue weighted by molar-refractivity contribution is -0.120. The van der Waals surface area contributed by atoms with Gasteiger partial charge in [-0.05, 0) is 48.9 Å². The van der Waals surface area contributed by atoms with E-state index in [1.54, 1.807) is 12.0 Å². The highest BCUT2D eigenvalue weighted by atomic mass is 16.5. The molecule has 0 atom stereocenters. The number of nitrogens with zero attached hydrogens (tertiary/aromatic N) is 3. The Balaban J connectivity index is 1.44. The SMILES string of the molecule is CCN(C(=O)Cn1c(CCNC(=O)Cc2ccc(OC)cc2)nc2ccccc21)c1ccccc1. The number of fused-ring (bicyclic) bond motifs is 1. The number of nitrogens with one attached hydrogen (secondary N) is 1. The number of imidazole rings is 1. The van der Waals surface area contributed by atoms with Crippen molar-refractivity contribution in [2.75, 3.05) is 25.1 Å². The predicted molar refractivity (Wildman–Crippen MR) is 138 cm³/mol. The summed E-state index contributed by atoms with van der Waals surface area (Å²) >= 11 is 0. The number of likely N-dealkylation sites (N-methyl/N-ethyl adjacent to an activating group) is 1. The maximum atomic E-state index is 13.3. The number of para-hydroxylation sites is 3. The van der Waals surface area contributed by atoms with Gasteiger partial charge in [-0.2, -0.15) is 0 Å². The summed E-state index contributed by atoms with van der Waals surface area (Å²) in [7, 11) is 1.62. The van der Waals surface area contributed by atoms with Crippen LogP contribution in [0, 0.1) is 0 Å². The van der Waals surface area contributed by atoms with Crippen molar-refractivity contribution in [3.8, 4) is 5.75 Å². The van der Waals surface area contributed by atoms with E-state index in [1.165, 1.54) is 0 Å². The van der Waals surface area contributed by atoms with Crippen molar-refractivity contribution in [2.45, 2.75) is 26.3 Å². The molecule has 4 rings (SSSR count). The molecule has 1 N–H and O–H groups in total. The van der Waals surface area contributed by atoms with Crippen LogP contribution in [-0.2, 0) is 29.0 Å². The lowest BCUT2D eigenvalue weighted by atomic mass is 10.1. The summed E-state index contributed by atoms with van der Waals surface area (Å²) in [4.78, 5) is 32.2. The zero-order valence-electron chi connectivity index (χ0n) is 20.1. The number of anilines is 1. The molecule has 7 nitrogen and oxygen atoms in total. The molecule has 4 aromatic rings. The van der Waals surface area contributed by atoms with Crippen LogP contribution in [0.1, 0.15) is 18.3 Å². The van der Waals surface area contributed by atoms with Crippen LogP contribution in [0.2, 0.25) is 0 Å². The number of benzene rings is 3. The fraction of sp³-hybridized carbons (Fsp3) is 0.250. The first-order chi connectivity index (χ1) is 17.1. The van der Waals surface area contributed by atoms with Crippen LogP contribution >= 0.6 is 0 Å². The molecule has 0 saturated heterocycles. The molecule has 0 aliphatic carbocycles. The van der Waals surface area contributed by atoms with Gasteiger partial charge in [0.1, 0.15) is 18.1 Å². The van der Waals surface area contributed by atoms with E-state index in [4.69, 9.17) is 9.72 Å². The minimum Gasteiger partial charge on any atom is -0.497 e. The average Bonchev–Trinajstić information content (AvgIpc) is 3.22. The van der Waals surface area contributed by atoms with Gasteiger partial charge in [0, 0.05) is 25.2 Å². The number of hydrogen-bond acceptors (Lipinski definition) is 4. The van der Waals surface area contributed by atoms with Gasteiger partial charge in [-0.3, -0.25) is 9.59 Å². The molecule has 0 saturated carbocycles. The van der Waals surface area contributed by atoms with E-state index >= 15 is 0 Å². The highest BCUT2D eigenvalue weighted by molar-refractivity contribution is 5.94. The van der Waals surface area contributed by atoms with E-state index in [0.29, 0.717) is 25.9 Å². The van der Waals surface area contributed by atoms with Crippen molar-refractivity contribution >= 4 is 28.5 Å². The lowest BCUT2D eigenvalue weighted by Crippen LogP contribution is -2.34. The zero-order valence-corrected chi connectivity index (χ0v) is 20.1. The third-order valence-electron chi connectivity index (χ3n) is 5.91. The van der Waals surface area contributed by atoms with Crippen molar-refractivity contribution in [3.63, 3.8) is 0 Å². The van der Waals surface area contributed by atoms with E-state index in [2.05, 4.69) is 5.32 Å². The quantitative estimate of drug-likeness (QED) is 0.380. The summed E-state index contributed by atoms with van der Waals surface area (Å²) in [5.41, 5.74) is 3.53. The number of carbonyl (C=O) groups excluding carboxylic acids is 2. The Bertz CT molecular complexity index is 1280. The molecule has 0 bridgehead atoms. The summed E-state index contributed by atoms with van der Waals surface area (Å²) in [5.74, 6) is 1.46. The molecule has 0 unspecified atom stereocenters. The monoisotopic (exact) mass is 470 g/mol. The van der Waals surface area contributed by atoms with Crippen molar-refractivity contribution in [1.29, 1.82) is 0 Å². The number of hydrogen-bond donors (Lipinski definition) is 1. The Kier molecular flexibility index (Phi) is 7.77. The predicted octanol–water partition coefficient (Wildman–Crippen LogP) is 4.00. The Hall–Kier alpha value is -4.13. The molecule has 7 heteroatoms. The van der Waals surface area contributed by atoms with Gasteiger partial charge in [0.15, 0.2) is 0 Å². The molecule has 1 aromatic heterocycles. The van der Waals surface area contributed by atoms with Crippen molar-refractivity contribution < 1.29 is 14.3 Å². The maximum absolute atomic E-state index is 13.3. The Morgan fingerprint density at radius 2 is 1.69 bits per heavy atom. The molecular weight excluding hydrogens is 440 g/mol. The third kappa shape index (κ3) is 5.87. The van der Waals surface area contributed by atoms with Crippen LogP contribution < -0.4 is 15.0 Å². The number of carbonyl (C=O) groups is 2. The van der Waals surface area contributed by atoms with Gasteiger partial charge in [0.25, 0.3) is 0 Å². The lowest BCUT2D eigenvalue weighted by Gasteiger charge is -2.22. The van der Waals surface area contributed by atoms with E-state index in [0.717, 1.165) is 33.9 Å². The van der Waals surface area contributed by atoms with Gasteiger partial charge in [0.2, 0.25) is 11.8 Å². The average molecular weight is 471 g/mol. The van der Waals surface area contributed by atoms with Crippen LogP contribution in [0.5, 0.6) is 5.75 Å². The largest absolute Gasteiger partial charge is 0.497 e. The molecule has 0 aliphatic rings. The number of amides is 2. The molecule has 1 heterocycles. The standard InChI is InChI=1S/C28H30N4O3/c1-3-31(22-9-5-4-6-10-22)28(34)20-32-25-12-8-7-11-24(25)30-26(32)17-18-29-27(33)19-21-13-15-23(35-2)16-14-21/h4-16H,3,17-20H2,1-2H3,(H,29,33). The fourth-order valence-corrected chi connectivity index (χ4v) is 4.13. The van der Waals surface area contributed by atoms with Crippen LogP contribution in [0.4, 0.5) is 5.69 Å². The van der Waals surface area contributed by atoms with Gasteiger partial charge in [-0.25, -0.2) is 4.98 Å². The normalized spacial score (nSPS) is 10.8. The molecule has 35 heavy (non-hydrogen) atoms. The van der Waals surface area contributed by atoms with Crippen molar-refractivity contribution in [2.24, 2.45) is 0 Å². The second-order valence-electron chi connectivity index (χ2n) is 8.20. The molecule has 0 spiro atoms. The second-order valence-corrected chi connectivity index (χ2v) is 8.20. The van der Waals surface area contributed by atoms with E-state index < -0.39 is 0 Å². The summed E-state index contributed by atoms with van der Waals surface area (Å²) in [6, 6.07) is 24.9. The Morgan fingerprint density at radius 3 is 2.40 bits per heavy atom. The summed E-state index contributed by atoms with van der Waals surface area (Å²) in [5, 5.41) is 2.97. The first-order valence-corrected chi connectivity index (χ1v) is 11.8. The van der Waals surface area contributed by atoms with E-state index in [1.807, 2.05) is 90.4 Å². The smallest absolute Gasteiger partial charge is 0.246 e. The van der Waals surface area contributed by atoms with Crippen molar-refractivity contribution in [1.82, 2.24) is 14.9 Å². The number of aromatic nitrogens is 2. The maximum Gasteiger partial charge on any atom is 0.246 e. The second kappa shape index (κ2) is 11.3. The molecule has 0 radical (unpaired) electrons. The molecule has 0 fully saturated rings. The van der Waals surface area contributed by atoms with Crippen LogP contribution in [0.15, 0.2) is 78.9 Å². The minimum atomic E-state index is -0.0601. The van der Waals surface area contributed by atoms with Gasteiger partial charge < -0.3 is 19.5 Å². The first-order valence-electron chi connectivity index (χ1n) is 11.8. The van der Waals surface area contributed by atoms with Gasteiger partial charge in [0.05, 0.1) is 24.6 Å². The van der Waals surface area contributed by atoms with Gasteiger partial charge in [-0.1, -0.05) is 42.5 Å². The topological polar surface area (TPSA) is 76.5 Å². The number of rotatable bonds is 10. The Labute approximate surface area is 205 Å². The van der Waals surface area contributed by atoms with Crippen LogP contribution in [0.3, 0.4) is 0 Å². The molecule has 3 aromatic carbocycles. The number of ether oxygens (including phenoxy) is 1. The molecule has 0 aliphatic heterocycles. The molecule has 2 amide bonds.